The molecule has 0 saturated carbocycles. The predicted molar refractivity (Wildman–Crippen MR) is 99.6 cm³/mol. The topological polar surface area (TPSA) is 128 Å². The summed E-state index contributed by atoms with van der Waals surface area (Å²) in [4.78, 5) is 32.3. The van der Waals surface area contributed by atoms with Crippen LogP contribution in [0.2, 0.25) is 10.0 Å². The Bertz CT molecular complexity index is 938. The van der Waals surface area contributed by atoms with Crippen LogP contribution >= 0.6 is 31.0 Å². The van der Waals surface area contributed by atoms with Crippen LogP contribution in [0.4, 0.5) is 11.4 Å². The molecular weight excluding hydrogens is 422 g/mol. The molecule has 1 amide bonds. The average molecular weight is 435 g/mol. The summed E-state index contributed by atoms with van der Waals surface area (Å²) in [5, 5.41) is 13.3. The van der Waals surface area contributed by atoms with Crippen molar-refractivity contribution in [3.05, 3.63) is 62.1 Å². The van der Waals surface area contributed by atoms with Crippen LogP contribution in [0.15, 0.2) is 36.4 Å². The lowest BCUT2D eigenvalue weighted by Gasteiger charge is -2.15. The summed E-state index contributed by atoms with van der Waals surface area (Å²) in [7, 11) is -4.43. The van der Waals surface area contributed by atoms with E-state index in [1.54, 1.807) is 0 Å². The minimum Gasteiger partial charge on any atom is -0.403 e. The molecule has 0 saturated heterocycles. The number of amides is 1. The highest BCUT2D eigenvalue weighted by atomic mass is 35.5. The highest BCUT2D eigenvalue weighted by Gasteiger charge is 2.26. The Hall–Kier alpha value is -2.16. The van der Waals surface area contributed by atoms with Crippen LogP contribution in [-0.4, -0.2) is 22.3 Å². The van der Waals surface area contributed by atoms with Crippen LogP contribution < -0.4 is 9.84 Å². The number of nitrogens with zero attached hydrogens (tertiary/aromatic N) is 1. The van der Waals surface area contributed by atoms with Gasteiger partial charge in [-0.2, -0.15) is 0 Å². The first-order valence-corrected chi connectivity index (χ1v) is 9.60. The summed E-state index contributed by atoms with van der Waals surface area (Å²) in [5.41, 5.74) is -0.316. The number of phosphoric acid groups is 1. The minimum absolute atomic E-state index is 0.0656. The second-order valence-corrected chi connectivity index (χ2v) is 7.22. The third kappa shape index (κ3) is 5.66. The van der Waals surface area contributed by atoms with Crippen molar-refractivity contribution < 1.29 is 28.2 Å². The van der Waals surface area contributed by atoms with Crippen molar-refractivity contribution in [1.29, 1.82) is 0 Å². The molecule has 0 radical (unpaired) electrons. The van der Waals surface area contributed by atoms with Crippen molar-refractivity contribution >= 4 is 48.3 Å². The van der Waals surface area contributed by atoms with E-state index in [-0.39, 0.29) is 39.3 Å². The standard InChI is InChI=1S/C15H13Cl2N2O7P/c1-2-25-27(23,24)26-14-6-3-9(16)7-11(14)15(20)18-13-5-4-10(19(21)22)8-12(13)17/h3-8H,2H2,1H3,(H,18,20)(H,23,24). The van der Waals surface area contributed by atoms with Gasteiger partial charge in [0, 0.05) is 17.2 Å². The van der Waals surface area contributed by atoms with Crippen molar-refractivity contribution in [1.82, 2.24) is 0 Å². The Balaban J connectivity index is 2.32. The summed E-state index contributed by atoms with van der Waals surface area (Å²) in [6.45, 7) is 1.42. The van der Waals surface area contributed by atoms with Crippen LogP contribution in [-0.2, 0) is 9.09 Å². The van der Waals surface area contributed by atoms with E-state index in [4.69, 9.17) is 27.7 Å². The van der Waals surface area contributed by atoms with Gasteiger partial charge in [-0.1, -0.05) is 23.2 Å². The average Bonchev–Trinajstić information content (AvgIpc) is 2.57. The number of nitro groups is 1. The summed E-state index contributed by atoms with van der Waals surface area (Å²) < 4.78 is 21.3. The lowest BCUT2D eigenvalue weighted by Crippen LogP contribution is -2.14. The number of hydrogen-bond donors (Lipinski definition) is 2. The third-order valence-electron chi connectivity index (χ3n) is 3.10. The Kier molecular flexibility index (Phi) is 6.80. The molecule has 9 nitrogen and oxygen atoms in total. The van der Waals surface area contributed by atoms with E-state index in [1.165, 1.54) is 31.2 Å². The fraction of sp³-hybridized carbons (Fsp3) is 0.133. The van der Waals surface area contributed by atoms with Crippen LogP contribution in [0.5, 0.6) is 5.75 Å². The fourth-order valence-corrected chi connectivity index (χ4v) is 3.16. The second-order valence-electron chi connectivity index (χ2n) is 4.99. The normalized spacial score (nSPS) is 12.9. The first-order chi connectivity index (χ1) is 12.6. The van der Waals surface area contributed by atoms with Crippen LogP contribution in [0.25, 0.3) is 0 Å². The summed E-state index contributed by atoms with van der Waals surface area (Å²) in [6, 6.07) is 7.30. The lowest BCUT2D eigenvalue weighted by molar-refractivity contribution is -0.384. The molecular formula is C15H13Cl2N2O7P. The zero-order valence-corrected chi connectivity index (χ0v) is 16.1. The van der Waals surface area contributed by atoms with Gasteiger partial charge in [-0.05, 0) is 31.2 Å². The van der Waals surface area contributed by atoms with Gasteiger partial charge in [0.25, 0.3) is 11.6 Å². The molecule has 27 heavy (non-hydrogen) atoms. The van der Waals surface area contributed by atoms with Crippen LogP contribution in [0.1, 0.15) is 17.3 Å². The Morgan fingerprint density at radius 3 is 2.59 bits per heavy atom. The molecule has 0 fully saturated rings. The van der Waals surface area contributed by atoms with E-state index in [9.17, 15) is 24.4 Å². The molecule has 0 spiro atoms. The zero-order chi connectivity index (χ0) is 20.2. The fourth-order valence-electron chi connectivity index (χ4n) is 1.98. The van der Waals surface area contributed by atoms with Crippen molar-refractivity contribution in [3.8, 4) is 5.75 Å². The molecule has 0 aromatic heterocycles. The number of hydrogen-bond acceptors (Lipinski definition) is 6. The predicted octanol–water partition coefficient (Wildman–Crippen LogP) is 4.67. The molecule has 1 unspecified atom stereocenters. The first kappa shape index (κ1) is 21.1. The Morgan fingerprint density at radius 1 is 1.30 bits per heavy atom. The van der Waals surface area contributed by atoms with E-state index in [0.29, 0.717) is 0 Å². The van der Waals surface area contributed by atoms with Crippen molar-refractivity contribution in [2.24, 2.45) is 0 Å². The van der Waals surface area contributed by atoms with Gasteiger partial charge in [0.1, 0.15) is 5.75 Å². The van der Waals surface area contributed by atoms with Gasteiger partial charge in [-0.3, -0.25) is 24.3 Å². The number of nitro benzene ring substituents is 1. The molecule has 0 aliphatic carbocycles. The largest absolute Gasteiger partial charge is 0.527 e. The molecule has 0 aliphatic rings. The first-order valence-electron chi connectivity index (χ1n) is 7.34. The number of carbonyl (C=O) groups excluding carboxylic acids is 1. The van der Waals surface area contributed by atoms with Gasteiger partial charge in [-0.15, -0.1) is 0 Å². The number of benzene rings is 2. The van der Waals surface area contributed by atoms with E-state index < -0.39 is 18.7 Å². The molecule has 0 bridgehead atoms. The van der Waals surface area contributed by atoms with E-state index >= 15 is 0 Å². The van der Waals surface area contributed by atoms with Gasteiger partial charge < -0.3 is 9.84 Å². The molecule has 1 atom stereocenters. The quantitative estimate of drug-likeness (QED) is 0.368. The highest BCUT2D eigenvalue weighted by Crippen LogP contribution is 2.45. The summed E-state index contributed by atoms with van der Waals surface area (Å²) >= 11 is 11.8. The summed E-state index contributed by atoms with van der Waals surface area (Å²) in [5.74, 6) is -1.01. The van der Waals surface area contributed by atoms with Crippen LogP contribution in [0.3, 0.4) is 0 Å². The van der Waals surface area contributed by atoms with Gasteiger partial charge in [0.2, 0.25) is 0 Å². The number of phosphoric ester groups is 1. The molecule has 2 aromatic rings. The van der Waals surface area contributed by atoms with Crippen molar-refractivity contribution in [2.45, 2.75) is 6.92 Å². The molecule has 144 valence electrons. The molecule has 0 aliphatic heterocycles. The maximum atomic E-state index is 12.5. The zero-order valence-electron chi connectivity index (χ0n) is 13.7. The van der Waals surface area contributed by atoms with Crippen LogP contribution in [0, 0.1) is 10.1 Å². The minimum atomic E-state index is -4.43. The molecule has 12 heteroatoms. The van der Waals surface area contributed by atoms with Crippen molar-refractivity contribution in [3.63, 3.8) is 0 Å². The monoisotopic (exact) mass is 434 g/mol. The van der Waals surface area contributed by atoms with Gasteiger partial charge in [0.15, 0.2) is 0 Å². The third-order valence-corrected chi connectivity index (χ3v) is 4.66. The van der Waals surface area contributed by atoms with Gasteiger partial charge in [-0.25, -0.2) is 4.57 Å². The maximum absolute atomic E-state index is 12.5. The highest BCUT2D eigenvalue weighted by molar-refractivity contribution is 7.47. The number of nitrogens with one attached hydrogen (secondary N) is 1. The molecule has 2 aromatic carbocycles. The molecule has 2 rings (SSSR count). The number of rotatable bonds is 7. The van der Waals surface area contributed by atoms with E-state index in [1.807, 2.05) is 0 Å². The Morgan fingerprint density at radius 2 is 2.00 bits per heavy atom. The van der Waals surface area contributed by atoms with E-state index in [0.717, 1.165) is 12.1 Å². The second kappa shape index (κ2) is 8.69. The smallest absolute Gasteiger partial charge is 0.403 e. The maximum Gasteiger partial charge on any atom is 0.527 e. The Labute approximate surface area is 163 Å². The van der Waals surface area contributed by atoms with Gasteiger partial charge >= 0.3 is 7.82 Å². The number of non-ortho nitro benzene ring substituents is 1. The SMILES string of the molecule is CCOP(=O)(O)Oc1ccc(Cl)cc1C(=O)Nc1ccc([N+](=O)[O-])cc1Cl. The van der Waals surface area contributed by atoms with Crippen molar-refractivity contribution in [2.75, 3.05) is 11.9 Å². The molecule has 0 heterocycles. The molecule has 2 N–H and O–H groups in total. The number of anilines is 1. The summed E-state index contributed by atoms with van der Waals surface area (Å²) in [6.07, 6.45) is 0. The lowest BCUT2D eigenvalue weighted by atomic mass is 10.2. The number of halogens is 2. The van der Waals surface area contributed by atoms with Gasteiger partial charge in [0.05, 0.1) is 27.8 Å². The van der Waals surface area contributed by atoms with E-state index in [2.05, 4.69) is 9.84 Å². The number of carbonyl (C=O) groups is 1.